The summed E-state index contributed by atoms with van der Waals surface area (Å²) in [6, 6.07) is 10.3. The number of rotatable bonds is 1. The van der Waals surface area contributed by atoms with Crippen molar-refractivity contribution in [1.29, 1.82) is 0 Å². The molecule has 0 unspecified atom stereocenters. The third kappa shape index (κ3) is 8.49. The molecule has 0 radical (unpaired) electrons. The maximum atomic E-state index is 9.10. The fraction of sp³-hybridized carbons (Fsp3) is 0.429. The van der Waals surface area contributed by atoms with Crippen LogP contribution in [0, 0.1) is 0 Å². The van der Waals surface area contributed by atoms with E-state index in [9.17, 15) is 0 Å². The molecule has 7 heteroatoms. The van der Waals surface area contributed by atoms with Crippen LogP contribution in [0.3, 0.4) is 0 Å². The number of aromatic amines is 1. The summed E-state index contributed by atoms with van der Waals surface area (Å²) in [4.78, 5) is 3.12. The monoisotopic (exact) mass is 297 g/mol. The van der Waals surface area contributed by atoms with Crippen LogP contribution < -0.4 is 0 Å². The smallest absolute Gasteiger partial charge is 0.402 e. The minimum absolute atomic E-state index is 1.01. The molecule has 1 aromatic heterocycles. The largest absolute Gasteiger partial charge is 0.631 e. The van der Waals surface area contributed by atoms with Crippen molar-refractivity contribution in [1.82, 2.24) is 4.98 Å². The first kappa shape index (κ1) is 19.6. The van der Waals surface area contributed by atoms with Crippen molar-refractivity contribution in [2.24, 2.45) is 0 Å². The van der Waals surface area contributed by atoms with Crippen LogP contribution in [0.5, 0.6) is 0 Å². The zero-order valence-corrected chi connectivity index (χ0v) is 12.8. The molecular weight excluding hydrogens is 273 g/mol. The maximum absolute atomic E-state index is 9.10. The van der Waals surface area contributed by atoms with Crippen molar-refractivity contribution in [3.63, 3.8) is 0 Å². The van der Waals surface area contributed by atoms with E-state index in [0.29, 0.717) is 0 Å². The van der Waals surface area contributed by atoms with Gasteiger partial charge < -0.3 is 30.3 Å². The van der Waals surface area contributed by atoms with Crippen LogP contribution in [0.4, 0.5) is 0 Å². The lowest BCUT2D eigenvalue weighted by Crippen LogP contribution is -2.44. The molecule has 0 saturated heterocycles. The number of fused-ring (bicyclic) bond motifs is 1. The van der Waals surface area contributed by atoms with Gasteiger partial charge in [0, 0.05) is 11.7 Å². The number of hydrogen-bond donors (Lipinski definition) is 6. The van der Waals surface area contributed by atoms with E-state index in [1.165, 1.54) is 10.9 Å². The molecule has 2 aromatic rings. The van der Waals surface area contributed by atoms with Gasteiger partial charge in [0.2, 0.25) is 0 Å². The van der Waals surface area contributed by atoms with Crippen molar-refractivity contribution in [3.8, 4) is 0 Å². The number of aromatic nitrogens is 1. The van der Waals surface area contributed by atoms with Crippen LogP contribution in [0.2, 0.25) is 0 Å². The van der Waals surface area contributed by atoms with E-state index in [-0.39, 0.29) is 0 Å². The zero-order valence-electron chi connectivity index (χ0n) is 12.8. The van der Waals surface area contributed by atoms with Crippen molar-refractivity contribution >= 4 is 18.2 Å². The highest BCUT2D eigenvalue weighted by Gasteiger charge is 2.31. The minimum Gasteiger partial charge on any atom is -0.402 e. The Morgan fingerprint density at radius 2 is 1.29 bits per heavy atom. The fourth-order valence-electron chi connectivity index (χ4n) is 0.995. The summed E-state index contributed by atoms with van der Waals surface area (Å²) in [5.41, 5.74) is -0.808. The third-order valence-corrected chi connectivity index (χ3v) is 2.96. The van der Waals surface area contributed by atoms with Crippen molar-refractivity contribution in [2.45, 2.75) is 38.9 Å². The first-order valence-corrected chi connectivity index (χ1v) is 6.46. The summed E-state index contributed by atoms with van der Waals surface area (Å²) in [6.45, 7) is 6.31. The second-order valence-electron chi connectivity index (χ2n) is 5.53. The van der Waals surface area contributed by atoms with Gasteiger partial charge in [0.05, 0.1) is 11.2 Å². The molecule has 0 atom stereocenters. The molecule has 0 aliphatic heterocycles. The number of para-hydroxylation sites is 1. The molecule has 1 heterocycles. The number of aliphatic hydroxyl groups is 2. The number of hydrogen-bond acceptors (Lipinski definition) is 5. The first-order valence-electron chi connectivity index (χ1n) is 6.46. The molecule has 0 bridgehead atoms. The number of nitrogens with one attached hydrogen (secondary N) is 1. The average molecular weight is 297 g/mol. The van der Waals surface area contributed by atoms with E-state index >= 15 is 0 Å². The summed E-state index contributed by atoms with van der Waals surface area (Å²) < 4.78 is 0. The van der Waals surface area contributed by atoms with Crippen molar-refractivity contribution < 1.29 is 25.3 Å². The topological polar surface area (TPSA) is 117 Å². The van der Waals surface area contributed by atoms with Crippen LogP contribution in [-0.2, 0) is 0 Å². The fourth-order valence-corrected chi connectivity index (χ4v) is 0.995. The quantitative estimate of drug-likeness (QED) is 0.432. The number of benzene rings is 1. The summed E-state index contributed by atoms with van der Waals surface area (Å²) in [5.74, 6) is 0. The Balaban J connectivity index is 0.000000310. The first-order chi connectivity index (χ1) is 9.45. The Morgan fingerprint density at radius 3 is 1.67 bits per heavy atom. The predicted octanol–water partition coefficient (Wildman–Crippen LogP) is 0.644. The van der Waals surface area contributed by atoms with Crippen LogP contribution in [0.25, 0.3) is 10.9 Å². The van der Waals surface area contributed by atoms with Gasteiger partial charge >= 0.3 is 7.32 Å². The third-order valence-electron chi connectivity index (χ3n) is 2.96. The summed E-state index contributed by atoms with van der Waals surface area (Å²) in [5, 5.41) is 41.0. The average Bonchev–Trinajstić information content (AvgIpc) is 2.73. The summed E-state index contributed by atoms with van der Waals surface area (Å²) >= 11 is 0. The van der Waals surface area contributed by atoms with E-state index < -0.39 is 18.5 Å². The van der Waals surface area contributed by atoms with Gasteiger partial charge in [0.25, 0.3) is 0 Å². The highest BCUT2D eigenvalue weighted by Crippen LogP contribution is 2.19. The molecule has 2 rings (SSSR count). The lowest BCUT2D eigenvalue weighted by Gasteiger charge is -2.31. The summed E-state index contributed by atoms with van der Waals surface area (Å²) in [7, 11) is -2.17. The molecule has 0 spiro atoms. The molecular formula is C14H24BNO5. The maximum Gasteiger partial charge on any atom is 0.631 e. The zero-order chi connectivity index (χ0) is 16.7. The second-order valence-corrected chi connectivity index (χ2v) is 5.53. The van der Waals surface area contributed by atoms with Gasteiger partial charge in [0.1, 0.15) is 0 Å². The van der Waals surface area contributed by atoms with Gasteiger partial charge in [-0.2, -0.15) is 0 Å². The molecule has 21 heavy (non-hydrogen) atoms. The van der Waals surface area contributed by atoms with Gasteiger partial charge in [-0.1, -0.05) is 18.2 Å². The second kappa shape index (κ2) is 8.16. The highest BCUT2D eigenvalue weighted by atomic mass is 16.5. The van der Waals surface area contributed by atoms with Gasteiger partial charge in [0.15, 0.2) is 0 Å². The Bertz CT molecular complexity index is 469. The van der Waals surface area contributed by atoms with E-state index in [4.69, 9.17) is 25.3 Å². The Hall–Kier alpha value is -1.38. The molecule has 0 saturated carbocycles. The van der Waals surface area contributed by atoms with Crippen LogP contribution in [-0.4, -0.2) is 48.8 Å². The van der Waals surface area contributed by atoms with Gasteiger partial charge in [-0.3, -0.25) is 0 Å². The van der Waals surface area contributed by atoms with Crippen molar-refractivity contribution in [2.75, 3.05) is 0 Å². The molecule has 1 aromatic carbocycles. The SMILES string of the molecule is CC(C)(O)C(C)(C)O.OB(O)O.c1ccc2[nH]ccc2c1. The Labute approximate surface area is 124 Å². The molecule has 0 amide bonds. The molecule has 0 aliphatic carbocycles. The van der Waals surface area contributed by atoms with Gasteiger partial charge in [-0.25, -0.2) is 0 Å². The lowest BCUT2D eigenvalue weighted by molar-refractivity contribution is -0.107. The minimum atomic E-state index is -2.17. The molecule has 0 fully saturated rings. The van der Waals surface area contributed by atoms with Crippen LogP contribution >= 0.6 is 0 Å². The van der Waals surface area contributed by atoms with E-state index in [0.717, 1.165) is 0 Å². The number of H-pyrrole nitrogens is 1. The summed E-state index contributed by atoms with van der Waals surface area (Å²) in [6.07, 6.45) is 1.95. The van der Waals surface area contributed by atoms with Crippen molar-refractivity contribution in [3.05, 3.63) is 36.5 Å². The van der Waals surface area contributed by atoms with Crippen LogP contribution in [0.15, 0.2) is 36.5 Å². The molecule has 118 valence electrons. The predicted molar refractivity (Wildman–Crippen MR) is 83.3 cm³/mol. The van der Waals surface area contributed by atoms with E-state index in [1.54, 1.807) is 27.7 Å². The molecule has 6 N–H and O–H groups in total. The van der Waals surface area contributed by atoms with E-state index in [2.05, 4.69) is 23.2 Å². The van der Waals surface area contributed by atoms with Crippen LogP contribution in [0.1, 0.15) is 27.7 Å². The highest BCUT2D eigenvalue weighted by molar-refractivity contribution is 6.30. The van der Waals surface area contributed by atoms with Gasteiger partial charge in [-0.15, -0.1) is 0 Å². The normalized spacial score (nSPS) is 11.1. The standard InChI is InChI=1S/C8H7N.C6H14O2.BH3O3/c1-2-4-8-7(3-1)5-6-9-8;1-5(2,7)6(3,4)8;2-1(3)4/h1-6,9H;7-8H,1-4H3;2-4H. The lowest BCUT2D eigenvalue weighted by atomic mass is 9.90. The molecule has 6 nitrogen and oxygen atoms in total. The Morgan fingerprint density at radius 1 is 0.857 bits per heavy atom. The Kier molecular flexibility index (Phi) is 7.63. The van der Waals surface area contributed by atoms with Gasteiger partial charge in [-0.05, 0) is 45.2 Å². The van der Waals surface area contributed by atoms with E-state index in [1.807, 2.05) is 18.3 Å². The molecule has 0 aliphatic rings.